The fourth-order valence-electron chi connectivity index (χ4n) is 1.82. The highest BCUT2D eigenvalue weighted by Crippen LogP contribution is 2.27. The summed E-state index contributed by atoms with van der Waals surface area (Å²) in [4.78, 5) is 8.61. The van der Waals surface area contributed by atoms with Crippen LogP contribution in [0.25, 0.3) is 11.4 Å². The molecule has 0 bridgehead atoms. The van der Waals surface area contributed by atoms with Gasteiger partial charge < -0.3 is 5.11 Å². The molecule has 0 aliphatic carbocycles. The number of rotatable bonds is 3. The minimum Gasteiger partial charge on any atom is -0.508 e. The molecule has 20 heavy (non-hydrogen) atoms. The summed E-state index contributed by atoms with van der Waals surface area (Å²) in [7, 11) is 0. The highest BCUT2D eigenvalue weighted by atomic mass is 127. The molecule has 0 atom stereocenters. The number of aromatic hydroxyl groups is 1. The van der Waals surface area contributed by atoms with Gasteiger partial charge in [-0.05, 0) is 47.1 Å². The molecular weight excluding hydrogens is 394 g/mol. The lowest BCUT2D eigenvalue weighted by Crippen LogP contribution is -2.04. The molecule has 0 amide bonds. The highest BCUT2D eigenvalue weighted by Gasteiger charge is 2.14. The van der Waals surface area contributed by atoms with E-state index in [-0.39, 0.29) is 5.75 Å². The van der Waals surface area contributed by atoms with Gasteiger partial charge in [0.05, 0.1) is 9.26 Å². The van der Waals surface area contributed by atoms with Gasteiger partial charge in [-0.2, -0.15) is 0 Å². The number of halogens is 3. The average molecular weight is 407 g/mol. The summed E-state index contributed by atoms with van der Waals surface area (Å²) in [5, 5.41) is 9.81. The first-order valence-corrected chi connectivity index (χ1v) is 7.54. The van der Waals surface area contributed by atoms with E-state index in [1.54, 1.807) is 0 Å². The molecule has 1 heterocycles. The van der Waals surface area contributed by atoms with Gasteiger partial charge in [0.1, 0.15) is 16.7 Å². The van der Waals surface area contributed by atoms with E-state index < -0.39 is 5.82 Å². The van der Waals surface area contributed by atoms with E-state index in [1.807, 2.05) is 0 Å². The van der Waals surface area contributed by atoms with Crippen LogP contribution in [0.1, 0.15) is 19.5 Å². The molecule has 0 radical (unpaired) electrons. The fraction of sp³-hybridized carbons (Fsp3) is 0.286. The number of nitrogens with zero attached hydrogens (tertiary/aromatic N) is 2. The van der Waals surface area contributed by atoms with Crippen LogP contribution < -0.4 is 0 Å². The van der Waals surface area contributed by atoms with E-state index in [2.05, 4.69) is 46.4 Å². The summed E-state index contributed by atoms with van der Waals surface area (Å²) in [6, 6.07) is 3.73. The average Bonchev–Trinajstić information content (AvgIpc) is 2.32. The van der Waals surface area contributed by atoms with Crippen molar-refractivity contribution in [1.82, 2.24) is 9.97 Å². The Hall–Kier alpha value is -0.950. The van der Waals surface area contributed by atoms with E-state index >= 15 is 0 Å². The molecule has 0 aliphatic rings. The molecule has 2 aromatic rings. The van der Waals surface area contributed by atoms with Crippen LogP contribution in [-0.2, 0) is 6.42 Å². The van der Waals surface area contributed by atoms with Gasteiger partial charge in [-0.25, -0.2) is 14.4 Å². The summed E-state index contributed by atoms with van der Waals surface area (Å²) >= 11 is 8.22. The van der Waals surface area contributed by atoms with Gasteiger partial charge in [-0.3, -0.25) is 0 Å². The molecule has 0 saturated heterocycles. The van der Waals surface area contributed by atoms with Crippen molar-refractivity contribution >= 4 is 34.2 Å². The van der Waals surface area contributed by atoms with Crippen molar-refractivity contribution in [2.24, 2.45) is 5.92 Å². The third-order valence-electron chi connectivity index (χ3n) is 2.62. The number of phenolic OH excluding ortho intramolecular Hbond substituents is 1. The Morgan fingerprint density at radius 2 is 2.00 bits per heavy atom. The van der Waals surface area contributed by atoms with Crippen molar-refractivity contribution in [2.75, 3.05) is 0 Å². The van der Waals surface area contributed by atoms with Crippen LogP contribution in [-0.4, -0.2) is 15.1 Å². The monoisotopic (exact) mass is 406 g/mol. The van der Waals surface area contributed by atoms with Crippen molar-refractivity contribution in [2.45, 2.75) is 20.3 Å². The highest BCUT2D eigenvalue weighted by molar-refractivity contribution is 14.1. The second kappa shape index (κ2) is 6.22. The van der Waals surface area contributed by atoms with Gasteiger partial charge in [0.15, 0.2) is 5.82 Å². The van der Waals surface area contributed by atoms with E-state index in [1.165, 1.54) is 12.1 Å². The topological polar surface area (TPSA) is 46.0 Å². The maximum absolute atomic E-state index is 13.4. The second-order valence-corrected chi connectivity index (χ2v) is 6.33. The van der Waals surface area contributed by atoms with Crippen LogP contribution in [0.5, 0.6) is 5.75 Å². The lowest BCUT2D eigenvalue weighted by Gasteiger charge is -2.10. The van der Waals surface area contributed by atoms with Crippen LogP contribution in [0.15, 0.2) is 18.2 Å². The lowest BCUT2D eigenvalue weighted by molar-refractivity contribution is 0.469. The Morgan fingerprint density at radius 1 is 1.30 bits per heavy atom. The molecule has 0 aliphatic heterocycles. The first kappa shape index (κ1) is 15.4. The van der Waals surface area contributed by atoms with Crippen LogP contribution in [0.2, 0.25) is 5.15 Å². The SMILES string of the molecule is CC(C)Cc1nc(-c2cc(O)cc(F)c2)nc(Cl)c1I. The van der Waals surface area contributed by atoms with E-state index in [4.69, 9.17) is 11.6 Å². The zero-order chi connectivity index (χ0) is 14.9. The van der Waals surface area contributed by atoms with Crippen molar-refractivity contribution in [3.63, 3.8) is 0 Å². The van der Waals surface area contributed by atoms with Crippen LogP contribution in [0, 0.1) is 15.3 Å². The summed E-state index contributed by atoms with van der Waals surface area (Å²) in [6.07, 6.45) is 0.759. The van der Waals surface area contributed by atoms with Crippen LogP contribution in [0.3, 0.4) is 0 Å². The number of hydrogen-bond acceptors (Lipinski definition) is 3. The molecule has 106 valence electrons. The summed E-state index contributed by atoms with van der Waals surface area (Å²) in [6.45, 7) is 4.17. The largest absolute Gasteiger partial charge is 0.508 e. The minimum absolute atomic E-state index is 0.163. The molecule has 0 unspecified atom stereocenters. The van der Waals surface area contributed by atoms with Gasteiger partial charge in [0, 0.05) is 11.6 Å². The predicted octanol–water partition coefficient (Wildman–Crippen LogP) is 4.44. The fourth-order valence-corrected chi connectivity index (χ4v) is 2.47. The minimum atomic E-state index is -0.538. The van der Waals surface area contributed by atoms with Gasteiger partial charge in [-0.1, -0.05) is 25.4 Å². The zero-order valence-electron chi connectivity index (χ0n) is 11.0. The summed E-state index contributed by atoms with van der Waals surface area (Å²) < 4.78 is 14.2. The maximum Gasteiger partial charge on any atom is 0.161 e. The summed E-state index contributed by atoms with van der Waals surface area (Å²) in [5.74, 6) is 0.0384. The van der Waals surface area contributed by atoms with E-state index in [9.17, 15) is 9.50 Å². The third kappa shape index (κ3) is 3.58. The van der Waals surface area contributed by atoms with E-state index in [0.29, 0.717) is 22.5 Å². The molecular formula is C14H13ClFIN2O. The maximum atomic E-state index is 13.4. The van der Waals surface area contributed by atoms with Gasteiger partial charge in [0.25, 0.3) is 0 Å². The third-order valence-corrected chi connectivity index (χ3v) is 4.35. The summed E-state index contributed by atoms with van der Waals surface area (Å²) in [5.41, 5.74) is 1.24. The van der Waals surface area contributed by atoms with Gasteiger partial charge in [0.2, 0.25) is 0 Å². The quantitative estimate of drug-likeness (QED) is 0.605. The molecule has 1 N–H and O–H groups in total. The van der Waals surface area contributed by atoms with Crippen molar-refractivity contribution in [3.05, 3.63) is 38.4 Å². The normalized spacial score (nSPS) is 11.1. The van der Waals surface area contributed by atoms with Crippen molar-refractivity contribution in [3.8, 4) is 17.1 Å². The molecule has 2 rings (SSSR count). The molecule has 1 aromatic heterocycles. The molecule has 1 aromatic carbocycles. The Kier molecular flexibility index (Phi) is 4.80. The molecule has 0 fully saturated rings. The first-order chi connectivity index (χ1) is 9.36. The standard InChI is InChI=1S/C14H13ClFIN2O/c1-7(2)3-11-12(17)13(15)19-14(18-11)8-4-9(16)6-10(20)5-8/h4-7,20H,3H2,1-2H3. The predicted molar refractivity (Wildman–Crippen MR) is 85.4 cm³/mol. The number of phenols is 1. The lowest BCUT2D eigenvalue weighted by atomic mass is 10.1. The van der Waals surface area contributed by atoms with Gasteiger partial charge in [-0.15, -0.1) is 0 Å². The van der Waals surface area contributed by atoms with Gasteiger partial charge >= 0.3 is 0 Å². The van der Waals surface area contributed by atoms with Crippen LogP contribution in [0.4, 0.5) is 4.39 Å². The van der Waals surface area contributed by atoms with Crippen molar-refractivity contribution in [1.29, 1.82) is 0 Å². The smallest absolute Gasteiger partial charge is 0.161 e. The Morgan fingerprint density at radius 3 is 2.60 bits per heavy atom. The molecule has 0 spiro atoms. The molecule has 0 saturated carbocycles. The zero-order valence-corrected chi connectivity index (χ0v) is 13.9. The molecule has 3 nitrogen and oxygen atoms in total. The number of benzene rings is 1. The Bertz CT molecular complexity index is 629. The Balaban J connectivity index is 2.54. The molecule has 6 heteroatoms. The van der Waals surface area contributed by atoms with Crippen molar-refractivity contribution < 1.29 is 9.50 Å². The van der Waals surface area contributed by atoms with Crippen LogP contribution >= 0.6 is 34.2 Å². The van der Waals surface area contributed by atoms with E-state index in [0.717, 1.165) is 21.8 Å². The second-order valence-electron chi connectivity index (χ2n) is 4.89. The first-order valence-electron chi connectivity index (χ1n) is 6.08. The number of aromatic nitrogens is 2. The Labute approximate surface area is 135 Å². The number of hydrogen-bond donors (Lipinski definition) is 1.